The molecule has 3 N–H and O–H groups in total. The summed E-state index contributed by atoms with van der Waals surface area (Å²) < 4.78 is 43.0. The van der Waals surface area contributed by atoms with E-state index in [0.29, 0.717) is 29.3 Å². The van der Waals surface area contributed by atoms with Crippen LogP contribution < -0.4 is 5.73 Å². The van der Waals surface area contributed by atoms with Crippen LogP contribution in [0.15, 0.2) is 16.7 Å². The number of halogens is 3. The van der Waals surface area contributed by atoms with E-state index in [-0.39, 0.29) is 17.2 Å². The van der Waals surface area contributed by atoms with Crippen molar-refractivity contribution in [3.63, 3.8) is 0 Å². The molecule has 142 valence electrons. The average Bonchev–Trinajstić information content (AvgIpc) is 3.20. The molecule has 3 rings (SSSR count). The lowest BCUT2D eigenvalue weighted by atomic mass is 9.97. The van der Waals surface area contributed by atoms with Gasteiger partial charge in [-0.2, -0.15) is 13.2 Å². The maximum Gasteiger partial charge on any atom is 0.452 e. The van der Waals surface area contributed by atoms with E-state index in [1.807, 2.05) is 0 Å². The number of hydrogen-bond donors (Lipinski definition) is 2. The van der Waals surface area contributed by atoms with Crippen LogP contribution in [0.3, 0.4) is 0 Å². The highest BCUT2D eigenvalue weighted by Gasteiger charge is 2.39. The van der Waals surface area contributed by atoms with Gasteiger partial charge < -0.3 is 15.4 Å². The van der Waals surface area contributed by atoms with Gasteiger partial charge in [0, 0.05) is 23.5 Å². The molecule has 3 heterocycles. The molecule has 1 fully saturated rings. The van der Waals surface area contributed by atoms with Crippen LogP contribution in [0.25, 0.3) is 10.6 Å². The SMILES string of the molecule is Cc1c(-c2ccc(C(O)N3CCC[C@H](C(N)=O)C3)s2)noc1C(F)(F)F. The molecule has 0 aromatic carbocycles. The lowest BCUT2D eigenvalue weighted by Gasteiger charge is -2.34. The molecule has 1 saturated heterocycles. The zero-order valence-electron chi connectivity index (χ0n) is 13.9. The summed E-state index contributed by atoms with van der Waals surface area (Å²) in [4.78, 5) is 14.1. The monoisotopic (exact) mass is 389 g/mol. The molecule has 2 atom stereocenters. The van der Waals surface area contributed by atoms with E-state index < -0.39 is 24.1 Å². The zero-order chi connectivity index (χ0) is 19.1. The fourth-order valence-corrected chi connectivity index (χ4v) is 4.16. The van der Waals surface area contributed by atoms with Crippen LogP contribution in [0.1, 0.15) is 35.3 Å². The van der Waals surface area contributed by atoms with Gasteiger partial charge in [0.1, 0.15) is 11.9 Å². The van der Waals surface area contributed by atoms with Crippen molar-refractivity contribution in [3.05, 3.63) is 28.3 Å². The molecule has 0 saturated carbocycles. The number of primary amides is 1. The lowest BCUT2D eigenvalue weighted by Crippen LogP contribution is -2.42. The third-order valence-corrected chi connectivity index (χ3v) is 5.63. The molecular formula is C16H18F3N3O3S. The molecule has 6 nitrogen and oxygen atoms in total. The Hall–Kier alpha value is -1.91. The number of rotatable bonds is 4. The summed E-state index contributed by atoms with van der Waals surface area (Å²) in [5.74, 6) is -1.83. The molecule has 2 aromatic heterocycles. The third kappa shape index (κ3) is 3.62. The molecule has 1 unspecified atom stereocenters. The number of hydrogen-bond acceptors (Lipinski definition) is 6. The average molecular weight is 389 g/mol. The molecule has 0 spiro atoms. The number of aromatic nitrogens is 1. The van der Waals surface area contributed by atoms with Gasteiger partial charge in [-0.05, 0) is 31.9 Å². The molecule has 1 amide bonds. The van der Waals surface area contributed by atoms with Crippen LogP contribution in [0.5, 0.6) is 0 Å². The molecule has 0 bridgehead atoms. The second kappa shape index (κ2) is 7.01. The summed E-state index contributed by atoms with van der Waals surface area (Å²) in [5, 5.41) is 14.1. The number of nitrogens with two attached hydrogens (primary N) is 1. The van der Waals surface area contributed by atoms with Crippen LogP contribution in [0, 0.1) is 12.8 Å². The topological polar surface area (TPSA) is 92.6 Å². The van der Waals surface area contributed by atoms with Crippen LogP contribution in [0.2, 0.25) is 0 Å². The fourth-order valence-electron chi connectivity index (χ4n) is 3.09. The van der Waals surface area contributed by atoms with Crippen molar-refractivity contribution in [2.75, 3.05) is 13.1 Å². The Labute approximate surface area is 151 Å². The van der Waals surface area contributed by atoms with Crippen LogP contribution in [-0.4, -0.2) is 34.2 Å². The Morgan fingerprint density at radius 3 is 2.85 bits per heavy atom. The molecule has 0 aliphatic carbocycles. The van der Waals surface area contributed by atoms with Gasteiger partial charge in [0.05, 0.1) is 10.8 Å². The van der Waals surface area contributed by atoms with Gasteiger partial charge >= 0.3 is 6.18 Å². The number of alkyl halides is 3. The largest absolute Gasteiger partial charge is 0.452 e. The number of nitrogens with zero attached hydrogens (tertiary/aromatic N) is 2. The molecular weight excluding hydrogens is 371 g/mol. The molecule has 2 aromatic rings. The third-order valence-electron chi connectivity index (χ3n) is 4.50. The van der Waals surface area contributed by atoms with Crippen molar-refractivity contribution in [2.24, 2.45) is 11.7 Å². The predicted molar refractivity (Wildman–Crippen MR) is 88.0 cm³/mol. The van der Waals surface area contributed by atoms with E-state index in [9.17, 15) is 23.1 Å². The van der Waals surface area contributed by atoms with Gasteiger partial charge in [-0.25, -0.2) is 0 Å². The van der Waals surface area contributed by atoms with Gasteiger partial charge in [0.2, 0.25) is 11.7 Å². The van der Waals surface area contributed by atoms with Crippen molar-refractivity contribution < 1.29 is 27.6 Å². The van der Waals surface area contributed by atoms with Gasteiger partial charge in [0.25, 0.3) is 0 Å². The minimum atomic E-state index is -4.60. The van der Waals surface area contributed by atoms with Gasteiger partial charge in [-0.1, -0.05) is 5.16 Å². The number of aliphatic hydroxyl groups is 1. The Morgan fingerprint density at radius 2 is 2.23 bits per heavy atom. The Kier molecular flexibility index (Phi) is 5.09. The highest BCUT2D eigenvalue weighted by atomic mass is 32.1. The summed E-state index contributed by atoms with van der Waals surface area (Å²) in [6, 6.07) is 3.24. The summed E-state index contributed by atoms with van der Waals surface area (Å²) in [6.45, 7) is 2.26. The number of carbonyl (C=O) groups is 1. The Balaban J connectivity index is 1.80. The first-order valence-corrected chi connectivity index (χ1v) is 8.85. The lowest BCUT2D eigenvalue weighted by molar-refractivity contribution is -0.156. The van der Waals surface area contributed by atoms with Crippen LogP contribution >= 0.6 is 11.3 Å². The van der Waals surface area contributed by atoms with E-state index in [0.717, 1.165) is 17.8 Å². The number of piperidine rings is 1. The maximum atomic E-state index is 12.8. The summed E-state index contributed by atoms with van der Waals surface area (Å²) in [5.41, 5.74) is 5.36. The minimum absolute atomic E-state index is 0.0906. The van der Waals surface area contributed by atoms with Crippen molar-refractivity contribution >= 4 is 17.2 Å². The maximum absolute atomic E-state index is 12.8. The van der Waals surface area contributed by atoms with Crippen LogP contribution in [-0.2, 0) is 11.0 Å². The Bertz CT molecular complexity index is 802. The van der Waals surface area contributed by atoms with E-state index in [1.54, 1.807) is 17.0 Å². The summed E-state index contributed by atoms with van der Waals surface area (Å²) in [6.07, 6.45) is -4.13. The standard InChI is InChI=1S/C16H18F3N3O3S/c1-8-12(21-25-13(8)16(17,18)19)10-4-5-11(26-10)15(24)22-6-2-3-9(7-22)14(20)23/h4-5,9,15,24H,2-3,6-7H2,1H3,(H2,20,23)/t9-,15?/m0/s1. The molecule has 1 aliphatic heterocycles. The van der Waals surface area contributed by atoms with E-state index in [1.165, 1.54) is 6.92 Å². The number of likely N-dealkylation sites (tertiary alicyclic amines) is 1. The number of carbonyl (C=O) groups excluding carboxylic acids is 1. The van der Waals surface area contributed by atoms with E-state index >= 15 is 0 Å². The molecule has 1 aliphatic rings. The second-order valence-electron chi connectivity index (χ2n) is 6.30. The van der Waals surface area contributed by atoms with E-state index in [4.69, 9.17) is 5.73 Å². The molecule has 10 heteroatoms. The zero-order valence-corrected chi connectivity index (χ0v) is 14.7. The van der Waals surface area contributed by atoms with E-state index in [2.05, 4.69) is 9.68 Å². The first kappa shape index (κ1) is 18.9. The van der Waals surface area contributed by atoms with Gasteiger partial charge in [0.15, 0.2) is 0 Å². The summed E-state index contributed by atoms with van der Waals surface area (Å²) in [7, 11) is 0. The van der Waals surface area contributed by atoms with Crippen molar-refractivity contribution in [3.8, 4) is 10.6 Å². The van der Waals surface area contributed by atoms with Gasteiger partial charge in [-0.3, -0.25) is 9.69 Å². The second-order valence-corrected chi connectivity index (χ2v) is 7.41. The Morgan fingerprint density at radius 1 is 1.50 bits per heavy atom. The summed E-state index contributed by atoms with van der Waals surface area (Å²) >= 11 is 1.14. The van der Waals surface area contributed by atoms with Crippen molar-refractivity contribution in [2.45, 2.75) is 32.2 Å². The van der Waals surface area contributed by atoms with Crippen molar-refractivity contribution in [1.82, 2.24) is 10.1 Å². The minimum Gasteiger partial charge on any atom is -0.373 e. The number of aliphatic hydroxyl groups excluding tert-OH is 1. The quantitative estimate of drug-likeness (QED) is 0.839. The first-order valence-electron chi connectivity index (χ1n) is 8.03. The van der Waals surface area contributed by atoms with Gasteiger partial charge in [-0.15, -0.1) is 11.3 Å². The highest BCUT2D eigenvalue weighted by Crippen LogP contribution is 2.39. The fraction of sp³-hybridized carbons (Fsp3) is 0.500. The normalized spacial score (nSPS) is 20.3. The first-order chi connectivity index (χ1) is 12.2. The number of thiophene rings is 1. The van der Waals surface area contributed by atoms with Crippen molar-refractivity contribution in [1.29, 1.82) is 0 Å². The predicted octanol–water partition coefficient (Wildman–Crippen LogP) is 2.92. The molecule has 0 radical (unpaired) electrons. The highest BCUT2D eigenvalue weighted by molar-refractivity contribution is 7.15. The molecule has 26 heavy (non-hydrogen) atoms. The van der Waals surface area contributed by atoms with Crippen LogP contribution in [0.4, 0.5) is 13.2 Å². The smallest absolute Gasteiger partial charge is 0.373 e. The number of amides is 1.